The Morgan fingerprint density at radius 3 is 2.74 bits per heavy atom. The Hall–Kier alpha value is -1.35. The zero-order valence-corrected chi connectivity index (χ0v) is 12.1. The molecule has 1 aromatic rings. The van der Waals surface area contributed by atoms with Gasteiger partial charge in [-0.2, -0.15) is 0 Å². The number of anilines is 1. The summed E-state index contributed by atoms with van der Waals surface area (Å²) in [6.07, 6.45) is 1.86. The minimum absolute atomic E-state index is 0.161. The van der Waals surface area contributed by atoms with Crippen LogP contribution in [0, 0.1) is 11.3 Å². The number of carbonyl (C=O) groups excluding carboxylic acids is 1. The first kappa shape index (κ1) is 14.1. The quantitative estimate of drug-likeness (QED) is 0.874. The zero-order chi connectivity index (χ0) is 13.9. The van der Waals surface area contributed by atoms with Crippen LogP contribution in [0.25, 0.3) is 0 Å². The first-order chi connectivity index (χ1) is 9.10. The van der Waals surface area contributed by atoms with Gasteiger partial charge in [0.25, 0.3) is 0 Å². The Morgan fingerprint density at radius 2 is 2.16 bits per heavy atom. The van der Waals surface area contributed by atoms with Crippen molar-refractivity contribution in [2.24, 2.45) is 11.3 Å². The average Bonchev–Trinajstić information content (AvgIpc) is 2.90. The van der Waals surface area contributed by atoms with Crippen molar-refractivity contribution in [1.29, 1.82) is 0 Å². The second kappa shape index (κ2) is 5.74. The lowest BCUT2D eigenvalue weighted by Gasteiger charge is -2.31. The first-order valence-electron chi connectivity index (χ1n) is 7.20. The number of para-hydroxylation sites is 1. The van der Waals surface area contributed by atoms with Crippen LogP contribution in [0.1, 0.15) is 32.8 Å². The molecule has 1 aliphatic heterocycles. The summed E-state index contributed by atoms with van der Waals surface area (Å²) in [7, 11) is 0. The molecule has 3 heteroatoms. The van der Waals surface area contributed by atoms with Gasteiger partial charge in [-0.3, -0.25) is 4.79 Å². The first-order valence-corrected chi connectivity index (χ1v) is 7.20. The van der Waals surface area contributed by atoms with Crippen molar-refractivity contribution in [2.45, 2.75) is 33.6 Å². The Balaban J connectivity index is 2.20. The number of aryl methyl sites for hydroxylation is 1. The summed E-state index contributed by atoms with van der Waals surface area (Å²) in [4.78, 5) is 12.7. The molecule has 0 saturated carbocycles. The summed E-state index contributed by atoms with van der Waals surface area (Å²) < 4.78 is 0. The third-order valence-corrected chi connectivity index (χ3v) is 4.39. The average molecular weight is 260 g/mol. The van der Waals surface area contributed by atoms with Gasteiger partial charge in [0, 0.05) is 12.2 Å². The van der Waals surface area contributed by atoms with Gasteiger partial charge >= 0.3 is 0 Å². The van der Waals surface area contributed by atoms with Gasteiger partial charge in [0.1, 0.15) is 0 Å². The number of rotatable bonds is 4. The second-order valence-corrected chi connectivity index (χ2v) is 5.70. The molecule has 1 atom stereocenters. The van der Waals surface area contributed by atoms with E-state index < -0.39 is 0 Å². The number of benzene rings is 1. The molecule has 1 amide bonds. The van der Waals surface area contributed by atoms with Gasteiger partial charge in [-0.25, -0.2) is 0 Å². The van der Waals surface area contributed by atoms with Gasteiger partial charge in [-0.15, -0.1) is 0 Å². The van der Waals surface area contributed by atoms with Crippen LogP contribution in [0.15, 0.2) is 24.3 Å². The van der Waals surface area contributed by atoms with Crippen LogP contribution in [0.5, 0.6) is 0 Å². The molecule has 19 heavy (non-hydrogen) atoms. The van der Waals surface area contributed by atoms with Crippen LogP contribution in [0.3, 0.4) is 0 Å². The Morgan fingerprint density at radius 1 is 1.42 bits per heavy atom. The van der Waals surface area contributed by atoms with Gasteiger partial charge in [0.05, 0.1) is 5.41 Å². The molecule has 3 nitrogen and oxygen atoms in total. The highest BCUT2D eigenvalue weighted by atomic mass is 16.2. The molecule has 1 heterocycles. The van der Waals surface area contributed by atoms with E-state index in [1.54, 1.807) is 0 Å². The van der Waals surface area contributed by atoms with Gasteiger partial charge in [-0.1, -0.05) is 39.0 Å². The van der Waals surface area contributed by atoms with Crippen LogP contribution in [0.4, 0.5) is 5.69 Å². The number of amides is 1. The molecule has 0 aliphatic carbocycles. The normalized spacial score (nSPS) is 22.7. The number of carbonyl (C=O) groups is 1. The van der Waals surface area contributed by atoms with Gasteiger partial charge in [-0.05, 0) is 36.9 Å². The van der Waals surface area contributed by atoms with Gasteiger partial charge < -0.3 is 10.6 Å². The minimum Gasteiger partial charge on any atom is -0.325 e. The summed E-state index contributed by atoms with van der Waals surface area (Å²) in [5, 5.41) is 6.48. The fourth-order valence-corrected chi connectivity index (χ4v) is 2.86. The van der Waals surface area contributed by atoms with E-state index in [1.807, 2.05) is 18.2 Å². The Kier molecular flexibility index (Phi) is 4.25. The molecule has 1 aromatic carbocycles. The lowest BCUT2D eigenvalue weighted by molar-refractivity contribution is -0.126. The monoisotopic (exact) mass is 260 g/mol. The predicted octanol–water partition coefficient (Wildman–Crippen LogP) is 2.82. The highest BCUT2D eigenvalue weighted by Gasteiger charge is 2.43. The fraction of sp³-hybridized carbons (Fsp3) is 0.562. The highest BCUT2D eigenvalue weighted by Crippen LogP contribution is 2.35. The number of hydrogen-bond donors (Lipinski definition) is 2. The molecule has 1 aliphatic rings. The topological polar surface area (TPSA) is 41.1 Å². The molecule has 2 N–H and O–H groups in total. The largest absolute Gasteiger partial charge is 0.325 e. The van der Waals surface area contributed by atoms with E-state index in [-0.39, 0.29) is 11.3 Å². The highest BCUT2D eigenvalue weighted by molar-refractivity contribution is 5.96. The minimum atomic E-state index is -0.263. The molecule has 0 spiro atoms. The maximum Gasteiger partial charge on any atom is 0.232 e. The van der Waals surface area contributed by atoms with Crippen LogP contribution in [-0.4, -0.2) is 19.0 Å². The van der Waals surface area contributed by atoms with Crippen LogP contribution < -0.4 is 10.6 Å². The molecular formula is C16H24N2O. The van der Waals surface area contributed by atoms with E-state index in [0.717, 1.165) is 31.6 Å². The smallest absolute Gasteiger partial charge is 0.232 e. The maximum absolute atomic E-state index is 12.7. The van der Waals surface area contributed by atoms with Gasteiger partial charge in [0.2, 0.25) is 5.91 Å². The van der Waals surface area contributed by atoms with Crippen molar-refractivity contribution in [2.75, 3.05) is 18.4 Å². The third kappa shape index (κ3) is 2.66. The molecule has 104 valence electrons. The van der Waals surface area contributed by atoms with Crippen molar-refractivity contribution in [3.8, 4) is 0 Å². The summed E-state index contributed by atoms with van der Waals surface area (Å²) in [5.41, 5.74) is 1.89. The van der Waals surface area contributed by atoms with E-state index in [9.17, 15) is 4.79 Å². The zero-order valence-electron chi connectivity index (χ0n) is 12.1. The van der Waals surface area contributed by atoms with Crippen LogP contribution >= 0.6 is 0 Å². The molecule has 0 aromatic heterocycles. The number of nitrogens with one attached hydrogen (secondary N) is 2. The van der Waals surface area contributed by atoms with E-state index >= 15 is 0 Å². The lowest BCUT2D eigenvalue weighted by Crippen LogP contribution is -2.42. The maximum atomic E-state index is 12.7. The van der Waals surface area contributed by atoms with Crippen molar-refractivity contribution >= 4 is 11.6 Å². The standard InChI is InChI=1S/C16H24N2O/c1-4-13-7-5-6-8-14(13)18-15(19)16(12(2)3)9-10-17-11-16/h5-8,12,17H,4,9-11H2,1-3H3,(H,18,19). The second-order valence-electron chi connectivity index (χ2n) is 5.70. The van der Waals surface area contributed by atoms with Crippen molar-refractivity contribution in [3.05, 3.63) is 29.8 Å². The number of hydrogen-bond acceptors (Lipinski definition) is 2. The van der Waals surface area contributed by atoms with Crippen LogP contribution in [0.2, 0.25) is 0 Å². The van der Waals surface area contributed by atoms with Crippen molar-refractivity contribution in [1.82, 2.24) is 5.32 Å². The van der Waals surface area contributed by atoms with E-state index in [2.05, 4.69) is 37.5 Å². The van der Waals surface area contributed by atoms with E-state index in [4.69, 9.17) is 0 Å². The molecule has 1 unspecified atom stereocenters. The summed E-state index contributed by atoms with van der Waals surface area (Å²) >= 11 is 0. The molecule has 0 radical (unpaired) electrons. The summed E-state index contributed by atoms with van der Waals surface area (Å²) in [6.45, 7) is 8.10. The van der Waals surface area contributed by atoms with E-state index in [0.29, 0.717) is 5.92 Å². The fourth-order valence-electron chi connectivity index (χ4n) is 2.86. The third-order valence-electron chi connectivity index (χ3n) is 4.39. The van der Waals surface area contributed by atoms with Gasteiger partial charge in [0.15, 0.2) is 0 Å². The molecule has 1 fully saturated rings. The SMILES string of the molecule is CCc1ccccc1NC(=O)C1(C(C)C)CCNC1. The molecule has 0 bridgehead atoms. The summed E-state index contributed by atoms with van der Waals surface area (Å²) in [6, 6.07) is 8.06. The van der Waals surface area contributed by atoms with Crippen molar-refractivity contribution in [3.63, 3.8) is 0 Å². The Bertz CT molecular complexity index is 448. The van der Waals surface area contributed by atoms with Crippen molar-refractivity contribution < 1.29 is 4.79 Å². The van der Waals surface area contributed by atoms with Crippen LogP contribution in [-0.2, 0) is 11.2 Å². The van der Waals surface area contributed by atoms with E-state index in [1.165, 1.54) is 5.56 Å². The summed E-state index contributed by atoms with van der Waals surface area (Å²) in [5.74, 6) is 0.504. The molecular weight excluding hydrogens is 236 g/mol. The molecule has 1 saturated heterocycles. The molecule has 2 rings (SSSR count). The Labute approximate surface area is 115 Å². The lowest BCUT2D eigenvalue weighted by atomic mass is 9.75. The predicted molar refractivity (Wildman–Crippen MR) is 79.2 cm³/mol.